The normalized spacial score (nSPS) is 12.0. The van der Waals surface area contributed by atoms with Crippen molar-refractivity contribution < 1.29 is 13.2 Å². The summed E-state index contributed by atoms with van der Waals surface area (Å²) in [7, 11) is -2.07. The summed E-state index contributed by atoms with van der Waals surface area (Å²) in [5.74, 6) is 0.748. The minimum absolute atomic E-state index is 0.162. The molecule has 0 bridgehead atoms. The summed E-state index contributed by atoms with van der Waals surface area (Å²) in [4.78, 5) is 2.42. The number of nitrogens with zero attached hydrogens (tertiary/aromatic N) is 1. The first-order valence-electron chi connectivity index (χ1n) is 6.85. The third-order valence-corrected chi connectivity index (χ3v) is 4.87. The number of hydrazone groups is 1. The highest BCUT2D eigenvalue weighted by atomic mass is 79.9. The van der Waals surface area contributed by atoms with Crippen LogP contribution in [0.25, 0.3) is 0 Å². The second-order valence-corrected chi connectivity index (χ2v) is 7.46. The van der Waals surface area contributed by atoms with Crippen LogP contribution in [0.5, 0.6) is 5.75 Å². The molecule has 0 aliphatic carbocycles. The van der Waals surface area contributed by atoms with Gasteiger partial charge in [-0.25, -0.2) is 4.83 Å². The topological polar surface area (TPSA) is 67.8 Å². The van der Waals surface area contributed by atoms with Crippen molar-refractivity contribution in [1.82, 2.24) is 4.83 Å². The highest BCUT2D eigenvalue weighted by Gasteiger charge is 2.12. The molecule has 0 radical (unpaired) electrons. The zero-order chi connectivity index (χ0) is 16.9. The Kier molecular flexibility index (Phi) is 5.79. The Balaban J connectivity index is 2.11. The van der Waals surface area contributed by atoms with Crippen LogP contribution < -0.4 is 9.57 Å². The van der Waals surface area contributed by atoms with Gasteiger partial charge in [-0.1, -0.05) is 34.1 Å². The van der Waals surface area contributed by atoms with E-state index in [1.165, 1.54) is 12.1 Å². The van der Waals surface area contributed by atoms with E-state index in [1.807, 2.05) is 24.3 Å². The van der Waals surface area contributed by atoms with Crippen molar-refractivity contribution in [2.24, 2.45) is 5.10 Å². The van der Waals surface area contributed by atoms with Gasteiger partial charge in [0.15, 0.2) is 0 Å². The van der Waals surface area contributed by atoms with Crippen LogP contribution in [0, 0.1) is 0 Å². The molecule has 1 N–H and O–H groups in total. The highest BCUT2D eigenvalue weighted by molar-refractivity contribution is 9.10. The molecule has 7 heteroatoms. The molecular formula is C16H17BrN2O3S. The van der Waals surface area contributed by atoms with Crippen LogP contribution in [0.15, 0.2) is 63.0 Å². The van der Waals surface area contributed by atoms with E-state index in [0.29, 0.717) is 12.1 Å². The van der Waals surface area contributed by atoms with Crippen LogP contribution in [0.4, 0.5) is 0 Å². The molecule has 0 atom stereocenters. The maximum absolute atomic E-state index is 12.2. The van der Waals surface area contributed by atoms with Crippen LogP contribution in [0.3, 0.4) is 0 Å². The fourth-order valence-electron chi connectivity index (χ4n) is 1.97. The quantitative estimate of drug-likeness (QED) is 0.601. The van der Waals surface area contributed by atoms with Crippen LogP contribution in [0.1, 0.15) is 12.5 Å². The molecule has 5 nitrogen and oxygen atoms in total. The maximum atomic E-state index is 12.2. The predicted octanol–water partition coefficient (Wildman–Crippen LogP) is 3.35. The molecule has 0 aliphatic heterocycles. The third kappa shape index (κ3) is 4.80. The maximum Gasteiger partial charge on any atom is 0.276 e. The third-order valence-electron chi connectivity index (χ3n) is 3.12. The van der Waals surface area contributed by atoms with Gasteiger partial charge in [0.05, 0.1) is 12.0 Å². The zero-order valence-corrected chi connectivity index (χ0v) is 15.2. The Labute approximate surface area is 144 Å². The summed E-state index contributed by atoms with van der Waals surface area (Å²) in [5, 5.41) is 3.98. The Morgan fingerprint density at radius 2 is 1.83 bits per heavy atom. The summed E-state index contributed by atoms with van der Waals surface area (Å²) in [5.41, 5.74) is 1.58. The van der Waals surface area contributed by atoms with Crippen molar-refractivity contribution in [3.8, 4) is 5.75 Å². The minimum Gasteiger partial charge on any atom is -0.496 e. The van der Waals surface area contributed by atoms with Gasteiger partial charge < -0.3 is 4.74 Å². The van der Waals surface area contributed by atoms with Gasteiger partial charge in [-0.3, -0.25) is 0 Å². The predicted molar refractivity (Wildman–Crippen MR) is 94.3 cm³/mol. The van der Waals surface area contributed by atoms with E-state index in [0.717, 1.165) is 15.8 Å². The standard InChI is InChI=1S/C16H17BrN2O3S/c1-12(11-13-5-3-4-6-16(13)22-2)18-19-23(20,21)15-9-7-14(17)8-10-15/h3-10,19H,11H2,1-2H3/b18-12-. The van der Waals surface area contributed by atoms with E-state index in [-0.39, 0.29) is 4.90 Å². The lowest BCUT2D eigenvalue weighted by molar-refractivity contribution is 0.411. The van der Waals surface area contributed by atoms with Crippen molar-refractivity contribution in [3.63, 3.8) is 0 Å². The largest absolute Gasteiger partial charge is 0.496 e. The number of hydrogen-bond donors (Lipinski definition) is 1. The van der Waals surface area contributed by atoms with Gasteiger partial charge in [0, 0.05) is 16.6 Å². The van der Waals surface area contributed by atoms with E-state index in [4.69, 9.17) is 4.74 Å². The van der Waals surface area contributed by atoms with E-state index < -0.39 is 10.0 Å². The van der Waals surface area contributed by atoms with Crippen LogP contribution in [-0.2, 0) is 16.4 Å². The summed E-state index contributed by atoms with van der Waals surface area (Å²) >= 11 is 3.27. The summed E-state index contributed by atoms with van der Waals surface area (Å²) in [6.07, 6.45) is 0.493. The summed E-state index contributed by atoms with van der Waals surface area (Å²) in [6, 6.07) is 13.9. The average Bonchev–Trinajstić information content (AvgIpc) is 2.54. The number of halogens is 1. The number of rotatable bonds is 6. The Morgan fingerprint density at radius 3 is 2.48 bits per heavy atom. The second-order valence-electron chi connectivity index (χ2n) is 4.88. The highest BCUT2D eigenvalue weighted by Crippen LogP contribution is 2.18. The number of methoxy groups -OCH3 is 1. The molecule has 122 valence electrons. The molecule has 0 heterocycles. The van der Waals surface area contributed by atoms with Crippen LogP contribution >= 0.6 is 15.9 Å². The molecule has 0 amide bonds. The lowest BCUT2D eigenvalue weighted by Gasteiger charge is -2.08. The second kappa shape index (κ2) is 7.61. The molecule has 0 spiro atoms. The fraction of sp³-hybridized carbons (Fsp3) is 0.188. The molecule has 0 unspecified atom stereocenters. The van der Waals surface area contributed by atoms with E-state index in [2.05, 4.69) is 25.9 Å². The van der Waals surface area contributed by atoms with Crippen molar-refractivity contribution in [1.29, 1.82) is 0 Å². The van der Waals surface area contributed by atoms with Gasteiger partial charge in [-0.05, 0) is 42.8 Å². The number of benzene rings is 2. The molecule has 23 heavy (non-hydrogen) atoms. The molecule has 0 fully saturated rings. The molecular weight excluding hydrogens is 380 g/mol. The smallest absolute Gasteiger partial charge is 0.276 e. The molecule has 2 rings (SSSR count). The number of nitrogens with one attached hydrogen (secondary N) is 1. The van der Waals surface area contributed by atoms with Crippen molar-refractivity contribution in [3.05, 3.63) is 58.6 Å². The van der Waals surface area contributed by atoms with Gasteiger partial charge in [0.2, 0.25) is 0 Å². The van der Waals surface area contributed by atoms with Crippen molar-refractivity contribution >= 4 is 31.7 Å². The molecule has 0 aromatic heterocycles. The number of sulfonamides is 1. The Bertz CT molecular complexity index is 802. The lowest BCUT2D eigenvalue weighted by Crippen LogP contribution is -2.20. The molecule has 0 saturated heterocycles. The van der Waals surface area contributed by atoms with Crippen LogP contribution in [-0.4, -0.2) is 21.2 Å². The number of hydrogen-bond acceptors (Lipinski definition) is 4. The van der Waals surface area contributed by atoms with Crippen molar-refractivity contribution in [2.75, 3.05) is 7.11 Å². The van der Waals surface area contributed by atoms with Gasteiger partial charge in [0.25, 0.3) is 10.0 Å². The number of ether oxygens (including phenoxy) is 1. The molecule has 0 aliphatic rings. The Hall–Kier alpha value is -1.86. The summed E-state index contributed by atoms with van der Waals surface area (Å²) < 4.78 is 30.4. The number of para-hydroxylation sites is 1. The first-order chi connectivity index (χ1) is 10.9. The minimum atomic E-state index is -3.67. The van der Waals surface area contributed by atoms with Gasteiger partial charge in [-0.2, -0.15) is 13.5 Å². The lowest BCUT2D eigenvalue weighted by atomic mass is 10.1. The Morgan fingerprint density at radius 1 is 1.17 bits per heavy atom. The van der Waals surface area contributed by atoms with Crippen LogP contribution in [0.2, 0.25) is 0 Å². The first-order valence-corrected chi connectivity index (χ1v) is 9.12. The molecule has 2 aromatic carbocycles. The van der Waals surface area contributed by atoms with Gasteiger partial charge in [-0.15, -0.1) is 0 Å². The van der Waals surface area contributed by atoms with E-state index >= 15 is 0 Å². The zero-order valence-electron chi connectivity index (χ0n) is 12.8. The fourth-order valence-corrected chi connectivity index (χ4v) is 3.11. The summed E-state index contributed by atoms with van der Waals surface area (Å²) in [6.45, 7) is 1.76. The van der Waals surface area contributed by atoms with E-state index in [1.54, 1.807) is 26.2 Å². The first kappa shape index (κ1) is 17.5. The van der Waals surface area contributed by atoms with Gasteiger partial charge in [0.1, 0.15) is 5.75 Å². The van der Waals surface area contributed by atoms with E-state index in [9.17, 15) is 8.42 Å². The van der Waals surface area contributed by atoms with Gasteiger partial charge >= 0.3 is 0 Å². The monoisotopic (exact) mass is 396 g/mol. The molecule has 0 saturated carbocycles. The SMILES string of the molecule is COc1ccccc1C/C(C)=N\NS(=O)(=O)c1ccc(Br)cc1. The average molecular weight is 397 g/mol. The van der Waals surface area contributed by atoms with Crippen molar-refractivity contribution in [2.45, 2.75) is 18.2 Å². The molecule has 2 aromatic rings.